The quantitative estimate of drug-likeness (QED) is 0.463. The molecule has 0 unspecified atom stereocenters. The molecule has 92 valence electrons. The Labute approximate surface area is 111 Å². The molecule has 3 nitrogen and oxygen atoms in total. The topological polar surface area (TPSA) is 43.1 Å². The Kier molecular flexibility index (Phi) is 3.75. The number of nitro benzene ring substituents is 1. The van der Waals surface area contributed by atoms with Crippen LogP contribution in [0.15, 0.2) is 55.1 Å². The van der Waals surface area contributed by atoms with Crippen molar-refractivity contribution in [3.8, 4) is 11.8 Å². The summed E-state index contributed by atoms with van der Waals surface area (Å²) in [6, 6.07) is 13.9. The van der Waals surface area contributed by atoms with Crippen LogP contribution in [0.5, 0.6) is 0 Å². The predicted octanol–water partition coefficient (Wildman–Crippen LogP) is 3.64. The van der Waals surface area contributed by atoms with Crippen LogP contribution in [0.3, 0.4) is 0 Å². The van der Waals surface area contributed by atoms with Gasteiger partial charge in [-0.2, -0.15) is 0 Å². The van der Waals surface area contributed by atoms with E-state index in [1.807, 2.05) is 24.3 Å². The summed E-state index contributed by atoms with van der Waals surface area (Å²) in [5.41, 5.74) is 2.75. The Morgan fingerprint density at radius 2 is 1.42 bits per heavy atom. The molecule has 0 bridgehead atoms. The van der Waals surface area contributed by atoms with Crippen LogP contribution in [0.2, 0.25) is 0 Å². The molecule has 0 fully saturated rings. The molecule has 0 atom stereocenters. The number of rotatable bonds is 2. The number of nitrogens with zero attached hydrogens (tertiary/aromatic N) is 1. The van der Waals surface area contributed by atoms with Gasteiger partial charge in [-0.3, -0.25) is 10.1 Å². The van der Waals surface area contributed by atoms with Crippen LogP contribution in [0.1, 0.15) is 16.7 Å². The van der Waals surface area contributed by atoms with Crippen LogP contribution < -0.4 is 0 Å². The Morgan fingerprint density at radius 3 is 1.84 bits per heavy atom. The Morgan fingerprint density at radius 1 is 0.947 bits per heavy atom. The highest BCUT2D eigenvalue weighted by atomic mass is 16.6. The van der Waals surface area contributed by atoms with Gasteiger partial charge in [-0.25, -0.2) is 0 Å². The molecule has 3 heteroatoms. The summed E-state index contributed by atoms with van der Waals surface area (Å²) in [6.45, 7) is 3.69. The smallest absolute Gasteiger partial charge is 0.258 e. The van der Waals surface area contributed by atoms with Gasteiger partial charge in [0.25, 0.3) is 5.69 Å². The van der Waals surface area contributed by atoms with Crippen molar-refractivity contribution in [3.63, 3.8) is 0 Å². The van der Waals surface area contributed by atoms with Gasteiger partial charge in [0.05, 0.1) is 4.92 Å². The molecule has 2 aromatic rings. The van der Waals surface area contributed by atoms with Crippen molar-refractivity contribution in [2.45, 2.75) is 0 Å². The second-order valence-corrected chi connectivity index (χ2v) is 3.88. The SMILES string of the molecule is C=Cc1ccc(C#Cc2ccc([N+](=O)[O-])cc2)cc1. The molecule has 0 spiro atoms. The molecular formula is C16H11NO2. The van der Waals surface area contributed by atoms with Gasteiger partial charge in [0.1, 0.15) is 0 Å². The van der Waals surface area contributed by atoms with E-state index in [-0.39, 0.29) is 5.69 Å². The van der Waals surface area contributed by atoms with Gasteiger partial charge in [0.2, 0.25) is 0 Å². The summed E-state index contributed by atoms with van der Waals surface area (Å²) in [4.78, 5) is 10.1. The van der Waals surface area contributed by atoms with Gasteiger partial charge in [0, 0.05) is 23.3 Å². The molecule has 0 aliphatic rings. The first-order valence-corrected chi connectivity index (χ1v) is 5.68. The molecule has 0 heterocycles. The fraction of sp³-hybridized carbons (Fsp3) is 0. The largest absolute Gasteiger partial charge is 0.269 e. The Balaban J connectivity index is 2.18. The van der Waals surface area contributed by atoms with Crippen molar-refractivity contribution in [1.29, 1.82) is 0 Å². The van der Waals surface area contributed by atoms with Crippen molar-refractivity contribution >= 4 is 11.8 Å². The molecule has 0 aromatic heterocycles. The average Bonchev–Trinajstić information content (AvgIpc) is 2.46. The minimum absolute atomic E-state index is 0.0703. The molecule has 2 rings (SSSR count). The summed E-state index contributed by atoms with van der Waals surface area (Å²) in [5, 5.41) is 10.5. The van der Waals surface area contributed by atoms with Crippen LogP contribution in [0.4, 0.5) is 5.69 Å². The van der Waals surface area contributed by atoms with Gasteiger partial charge in [-0.1, -0.05) is 36.6 Å². The minimum atomic E-state index is -0.425. The Bertz CT molecular complexity index is 659. The molecule has 0 radical (unpaired) electrons. The zero-order valence-corrected chi connectivity index (χ0v) is 10.2. The van der Waals surface area contributed by atoms with E-state index in [1.165, 1.54) is 12.1 Å². The fourth-order valence-electron chi connectivity index (χ4n) is 1.51. The van der Waals surface area contributed by atoms with Crippen molar-refractivity contribution in [1.82, 2.24) is 0 Å². The van der Waals surface area contributed by atoms with Gasteiger partial charge in [-0.05, 0) is 29.8 Å². The first-order chi connectivity index (χ1) is 9.19. The van der Waals surface area contributed by atoms with E-state index in [4.69, 9.17) is 0 Å². The Hall–Kier alpha value is -2.86. The molecule has 0 amide bonds. The lowest BCUT2D eigenvalue weighted by molar-refractivity contribution is -0.384. The average molecular weight is 249 g/mol. The summed E-state index contributed by atoms with van der Waals surface area (Å²) in [5.74, 6) is 5.97. The van der Waals surface area contributed by atoms with Gasteiger partial charge >= 0.3 is 0 Å². The third-order valence-corrected chi connectivity index (χ3v) is 2.58. The molecule has 19 heavy (non-hydrogen) atoms. The van der Waals surface area contributed by atoms with Crippen LogP contribution in [-0.2, 0) is 0 Å². The normalized spacial score (nSPS) is 9.26. The van der Waals surface area contributed by atoms with Crippen molar-refractivity contribution in [2.24, 2.45) is 0 Å². The lowest BCUT2D eigenvalue weighted by Gasteiger charge is -1.93. The molecule has 0 N–H and O–H groups in total. The van der Waals surface area contributed by atoms with Gasteiger partial charge in [-0.15, -0.1) is 0 Å². The standard InChI is InChI=1S/C16H11NO2/c1-2-13-3-5-14(6-4-13)7-8-15-9-11-16(12-10-15)17(18)19/h2-6,9-12H,1H2. The third kappa shape index (κ3) is 3.30. The van der Waals surface area contributed by atoms with E-state index in [0.717, 1.165) is 16.7 Å². The third-order valence-electron chi connectivity index (χ3n) is 2.58. The number of nitro groups is 1. The van der Waals surface area contributed by atoms with Gasteiger partial charge < -0.3 is 0 Å². The van der Waals surface area contributed by atoms with Crippen LogP contribution in [0, 0.1) is 22.0 Å². The fourth-order valence-corrected chi connectivity index (χ4v) is 1.51. The predicted molar refractivity (Wildman–Crippen MR) is 75.6 cm³/mol. The summed E-state index contributed by atoms with van der Waals surface area (Å²) in [6.07, 6.45) is 1.77. The van der Waals surface area contributed by atoms with E-state index >= 15 is 0 Å². The molecule has 0 aliphatic carbocycles. The van der Waals surface area contributed by atoms with E-state index in [2.05, 4.69) is 18.4 Å². The lowest BCUT2D eigenvalue weighted by Crippen LogP contribution is -1.86. The van der Waals surface area contributed by atoms with E-state index in [0.29, 0.717) is 0 Å². The second kappa shape index (κ2) is 5.65. The summed E-state index contributed by atoms with van der Waals surface area (Å²) in [7, 11) is 0. The number of hydrogen-bond donors (Lipinski definition) is 0. The van der Waals surface area contributed by atoms with E-state index < -0.39 is 4.92 Å². The molecule has 0 saturated carbocycles. The summed E-state index contributed by atoms with van der Waals surface area (Å²) >= 11 is 0. The minimum Gasteiger partial charge on any atom is -0.258 e. The van der Waals surface area contributed by atoms with Crippen molar-refractivity contribution in [2.75, 3.05) is 0 Å². The highest BCUT2D eigenvalue weighted by Crippen LogP contribution is 2.11. The number of benzene rings is 2. The highest BCUT2D eigenvalue weighted by Gasteiger charge is 2.02. The van der Waals surface area contributed by atoms with E-state index in [9.17, 15) is 10.1 Å². The molecule has 0 saturated heterocycles. The maximum absolute atomic E-state index is 10.5. The lowest BCUT2D eigenvalue weighted by atomic mass is 10.1. The highest BCUT2D eigenvalue weighted by molar-refractivity contribution is 5.51. The second-order valence-electron chi connectivity index (χ2n) is 3.88. The summed E-state index contributed by atoms with van der Waals surface area (Å²) < 4.78 is 0. The van der Waals surface area contributed by atoms with Crippen molar-refractivity contribution in [3.05, 3.63) is 81.9 Å². The maximum Gasteiger partial charge on any atom is 0.269 e. The monoisotopic (exact) mass is 249 g/mol. The van der Waals surface area contributed by atoms with Crippen LogP contribution >= 0.6 is 0 Å². The van der Waals surface area contributed by atoms with E-state index in [1.54, 1.807) is 18.2 Å². The molecule has 0 aliphatic heterocycles. The zero-order valence-electron chi connectivity index (χ0n) is 10.2. The number of non-ortho nitro benzene ring substituents is 1. The number of hydrogen-bond acceptors (Lipinski definition) is 2. The van der Waals surface area contributed by atoms with Gasteiger partial charge in [0.15, 0.2) is 0 Å². The first-order valence-electron chi connectivity index (χ1n) is 5.68. The maximum atomic E-state index is 10.5. The first kappa shape index (κ1) is 12.6. The molecular weight excluding hydrogens is 238 g/mol. The van der Waals surface area contributed by atoms with Crippen LogP contribution in [-0.4, -0.2) is 4.92 Å². The molecule has 2 aromatic carbocycles. The van der Waals surface area contributed by atoms with Crippen molar-refractivity contribution < 1.29 is 4.92 Å². The zero-order chi connectivity index (χ0) is 13.7. The van der Waals surface area contributed by atoms with Crippen LogP contribution in [0.25, 0.3) is 6.08 Å².